The van der Waals surface area contributed by atoms with Crippen molar-refractivity contribution < 1.29 is 42.3 Å². The standard InChI is InChI=1S/C51H69ClN2O10/c1-28(2)39-33(55)25-51(54-42(58)47(8,9)53-41(57)30-13-15-31(52)16-14-30)24-23-49(11)32(40(39)51)17-18-36-48(10)21-20-37(46(6,7)35(48)19-22-50(36,49)12)64-38(56)26-45(4,5)43(59)61-27-34-29(3)62-44(60)63-34/h13-16,28,32,35-37H,17-27H2,1-12H3,(H,53,57)(H,54,58)/t32-,35+,36-,37+,48+,49-,50-,51-/m1/s1. The van der Waals surface area contributed by atoms with Crippen molar-refractivity contribution in [2.75, 3.05) is 0 Å². The van der Waals surface area contributed by atoms with E-state index in [1.807, 2.05) is 0 Å². The number of rotatable bonds is 11. The Bertz CT molecular complexity index is 2320. The quantitative estimate of drug-likeness (QED) is 0.207. The summed E-state index contributed by atoms with van der Waals surface area (Å²) in [6.45, 7) is 24.1. The number of esters is 2. The van der Waals surface area contributed by atoms with Crippen molar-refractivity contribution >= 4 is 41.1 Å². The average Bonchev–Trinajstić information content (AvgIpc) is 3.68. The van der Waals surface area contributed by atoms with E-state index in [1.165, 1.54) is 0 Å². The summed E-state index contributed by atoms with van der Waals surface area (Å²) < 4.78 is 21.6. The summed E-state index contributed by atoms with van der Waals surface area (Å²) >= 11 is 6.06. The first-order valence-electron chi connectivity index (χ1n) is 23.3. The molecule has 0 saturated heterocycles. The number of fused-ring (bicyclic) bond motifs is 7. The zero-order chi connectivity index (χ0) is 47.2. The molecule has 4 saturated carbocycles. The maximum Gasteiger partial charge on any atom is 0.519 e. The predicted molar refractivity (Wildman–Crippen MR) is 241 cm³/mol. The third-order valence-corrected chi connectivity index (χ3v) is 17.7. The van der Waals surface area contributed by atoms with Crippen molar-refractivity contribution in [2.45, 2.75) is 171 Å². The summed E-state index contributed by atoms with van der Waals surface area (Å²) in [5.41, 5.74) is -1.47. The fraction of sp³-hybridized carbons (Fsp3) is 0.686. The van der Waals surface area contributed by atoms with Crippen LogP contribution in [0, 0.1) is 57.7 Å². The molecule has 8 atom stereocenters. The van der Waals surface area contributed by atoms with E-state index < -0.39 is 34.3 Å². The van der Waals surface area contributed by atoms with Gasteiger partial charge in [0.25, 0.3) is 5.91 Å². The molecule has 1 aromatic heterocycles. The van der Waals surface area contributed by atoms with Crippen molar-refractivity contribution in [1.82, 2.24) is 10.6 Å². The van der Waals surface area contributed by atoms with Gasteiger partial charge < -0.3 is 28.9 Å². The number of aryl methyl sites for hydroxylation is 1. The summed E-state index contributed by atoms with van der Waals surface area (Å²) in [6, 6.07) is 6.55. The molecule has 5 aliphatic carbocycles. The molecule has 2 N–H and O–H groups in total. The molecule has 5 aliphatic rings. The third kappa shape index (κ3) is 7.89. The molecule has 0 spiro atoms. The molecule has 350 valence electrons. The van der Waals surface area contributed by atoms with Crippen LogP contribution >= 0.6 is 11.6 Å². The van der Waals surface area contributed by atoms with Crippen molar-refractivity contribution in [3.63, 3.8) is 0 Å². The van der Waals surface area contributed by atoms with Gasteiger partial charge in [0.15, 0.2) is 23.9 Å². The first-order valence-corrected chi connectivity index (χ1v) is 23.6. The molecule has 1 heterocycles. The van der Waals surface area contributed by atoms with Gasteiger partial charge in [-0.2, -0.15) is 0 Å². The van der Waals surface area contributed by atoms with Gasteiger partial charge in [-0.05, 0) is 161 Å². The molecule has 2 amide bonds. The second-order valence-electron chi connectivity index (χ2n) is 22.7. The van der Waals surface area contributed by atoms with E-state index in [1.54, 1.807) is 58.9 Å². The number of carbonyl (C=O) groups excluding carboxylic acids is 5. The van der Waals surface area contributed by atoms with Gasteiger partial charge in [-0.1, -0.05) is 60.1 Å². The SMILES string of the molecule is Cc1oc(=O)oc1COC(=O)C(C)(C)CC(=O)O[C@H]1CC[C@]2(C)[C@H]3CC[C@@H]4C5=C(C(C)C)C(=O)C[C@]5(NC(=O)C(C)(C)NC(=O)c5ccc(Cl)cc5)CC[C@@]4(C)[C@]3(C)CC[C@H]2C1(C)C. The summed E-state index contributed by atoms with van der Waals surface area (Å²) in [5, 5.41) is 6.88. The van der Waals surface area contributed by atoms with Gasteiger partial charge in [0, 0.05) is 22.4 Å². The van der Waals surface area contributed by atoms with Gasteiger partial charge in [-0.3, -0.25) is 24.0 Å². The number of hydrogen-bond donors (Lipinski definition) is 2. The van der Waals surface area contributed by atoms with Crippen LogP contribution in [0.3, 0.4) is 0 Å². The molecule has 7 rings (SSSR count). The van der Waals surface area contributed by atoms with E-state index in [4.69, 9.17) is 29.9 Å². The average molecular weight is 906 g/mol. The number of carbonyl (C=O) groups is 5. The van der Waals surface area contributed by atoms with E-state index >= 15 is 0 Å². The maximum atomic E-state index is 14.4. The van der Waals surface area contributed by atoms with Gasteiger partial charge in [0.2, 0.25) is 5.91 Å². The van der Waals surface area contributed by atoms with E-state index in [0.717, 1.165) is 49.7 Å². The Morgan fingerprint density at radius 2 is 1.53 bits per heavy atom. The van der Waals surface area contributed by atoms with Crippen LogP contribution in [0.1, 0.15) is 162 Å². The number of benzene rings is 1. The van der Waals surface area contributed by atoms with Crippen molar-refractivity contribution in [3.05, 3.63) is 68.1 Å². The van der Waals surface area contributed by atoms with Crippen LogP contribution in [0.5, 0.6) is 0 Å². The number of ether oxygens (including phenoxy) is 2. The van der Waals surface area contributed by atoms with Crippen LogP contribution in [0.4, 0.5) is 0 Å². The summed E-state index contributed by atoms with van der Waals surface area (Å²) in [5.74, 6) is -1.41. The van der Waals surface area contributed by atoms with Crippen LogP contribution in [-0.2, 0) is 35.3 Å². The minimum absolute atomic E-state index is 0.00877. The minimum Gasteiger partial charge on any atom is -0.462 e. The topological polar surface area (TPSA) is 171 Å². The highest BCUT2D eigenvalue weighted by Gasteiger charge is 2.70. The lowest BCUT2D eigenvalue weighted by Gasteiger charge is -2.72. The lowest BCUT2D eigenvalue weighted by Crippen LogP contribution is -2.68. The normalized spacial score (nSPS) is 32.2. The number of allylic oxidation sites excluding steroid dienone is 1. The Morgan fingerprint density at radius 1 is 0.859 bits per heavy atom. The number of hydrogen-bond acceptors (Lipinski definition) is 10. The Morgan fingerprint density at radius 3 is 2.16 bits per heavy atom. The van der Waals surface area contributed by atoms with Crippen molar-refractivity contribution in [2.24, 2.45) is 50.7 Å². The third-order valence-electron chi connectivity index (χ3n) is 17.4. The molecular formula is C51H69ClN2O10. The van der Waals surface area contributed by atoms with E-state index in [9.17, 15) is 28.8 Å². The van der Waals surface area contributed by atoms with Crippen molar-refractivity contribution in [1.29, 1.82) is 0 Å². The molecule has 12 nitrogen and oxygen atoms in total. The molecule has 13 heteroatoms. The van der Waals surface area contributed by atoms with Gasteiger partial charge >= 0.3 is 17.8 Å². The first-order chi connectivity index (χ1) is 29.6. The van der Waals surface area contributed by atoms with E-state index in [0.29, 0.717) is 29.3 Å². The highest BCUT2D eigenvalue weighted by molar-refractivity contribution is 6.30. The summed E-state index contributed by atoms with van der Waals surface area (Å²) in [6.07, 6.45) is 6.68. The lowest BCUT2D eigenvalue weighted by atomic mass is 9.33. The van der Waals surface area contributed by atoms with E-state index in [2.05, 4.69) is 59.1 Å². The Labute approximate surface area is 382 Å². The summed E-state index contributed by atoms with van der Waals surface area (Å²) in [7, 11) is 0. The van der Waals surface area contributed by atoms with E-state index in [-0.39, 0.29) is 94.1 Å². The van der Waals surface area contributed by atoms with Crippen LogP contribution < -0.4 is 16.5 Å². The van der Waals surface area contributed by atoms with Gasteiger partial charge in [0.05, 0.1) is 17.4 Å². The monoisotopic (exact) mass is 904 g/mol. The second kappa shape index (κ2) is 16.3. The number of nitrogens with one attached hydrogen (secondary N) is 2. The van der Waals surface area contributed by atoms with Crippen LogP contribution in [0.15, 0.2) is 49.0 Å². The zero-order valence-electron chi connectivity index (χ0n) is 39.9. The molecule has 1 aromatic carbocycles. The number of ketones is 1. The molecule has 0 radical (unpaired) electrons. The van der Waals surface area contributed by atoms with Gasteiger partial charge in [-0.15, -0.1) is 0 Å². The fourth-order valence-electron chi connectivity index (χ4n) is 13.8. The Kier molecular flexibility index (Phi) is 12.2. The first kappa shape index (κ1) is 47.8. The maximum absolute atomic E-state index is 14.4. The lowest BCUT2D eigenvalue weighted by molar-refractivity contribution is -0.232. The largest absolute Gasteiger partial charge is 0.519 e. The Balaban J connectivity index is 1.08. The molecule has 0 bridgehead atoms. The van der Waals surface area contributed by atoms with Crippen LogP contribution in [0.25, 0.3) is 0 Å². The van der Waals surface area contributed by atoms with Crippen molar-refractivity contribution in [3.8, 4) is 0 Å². The van der Waals surface area contributed by atoms with Gasteiger partial charge in [-0.25, -0.2) is 4.79 Å². The second-order valence-corrected chi connectivity index (χ2v) is 23.2. The summed E-state index contributed by atoms with van der Waals surface area (Å²) in [4.78, 5) is 80.1. The number of Topliss-reactive ketones (excluding diaryl/α,β-unsaturated/α-hetero) is 1. The highest BCUT2D eigenvalue weighted by atomic mass is 35.5. The molecule has 0 unspecified atom stereocenters. The molecule has 2 aromatic rings. The molecule has 0 aliphatic heterocycles. The highest BCUT2D eigenvalue weighted by Crippen LogP contribution is 2.76. The Hall–Kier alpha value is -4.19. The minimum atomic E-state index is -1.26. The predicted octanol–water partition coefficient (Wildman–Crippen LogP) is 9.62. The van der Waals surface area contributed by atoms with Crippen LogP contribution in [-0.4, -0.2) is 46.7 Å². The van der Waals surface area contributed by atoms with Gasteiger partial charge in [0.1, 0.15) is 11.6 Å². The molecule has 4 fully saturated rings. The molecular weight excluding hydrogens is 836 g/mol. The molecule has 64 heavy (non-hydrogen) atoms. The fourth-order valence-corrected chi connectivity index (χ4v) is 13.9. The smallest absolute Gasteiger partial charge is 0.462 e. The van der Waals surface area contributed by atoms with Crippen LogP contribution in [0.2, 0.25) is 5.02 Å². The number of amides is 2. The zero-order valence-corrected chi connectivity index (χ0v) is 40.7. The number of halogens is 1.